The third kappa shape index (κ3) is 1.95. The van der Waals surface area contributed by atoms with E-state index in [-0.39, 0.29) is 5.72 Å². The SMILES string of the molecule is CC1(CC2CCSC2)NCCO1. The molecule has 2 unspecified atom stereocenters. The number of hydrogen-bond acceptors (Lipinski definition) is 3. The number of hydrogen-bond donors (Lipinski definition) is 1. The minimum absolute atomic E-state index is 0.00440. The first-order valence-electron chi connectivity index (χ1n) is 4.75. The summed E-state index contributed by atoms with van der Waals surface area (Å²) in [6, 6.07) is 0. The Morgan fingerprint density at radius 2 is 2.58 bits per heavy atom. The highest BCUT2D eigenvalue weighted by Crippen LogP contribution is 2.31. The van der Waals surface area contributed by atoms with E-state index < -0.39 is 0 Å². The third-order valence-electron chi connectivity index (χ3n) is 2.72. The summed E-state index contributed by atoms with van der Waals surface area (Å²) in [6.45, 7) is 4.09. The molecule has 2 aliphatic rings. The Hall–Kier alpha value is 0.270. The topological polar surface area (TPSA) is 21.3 Å². The quantitative estimate of drug-likeness (QED) is 0.707. The van der Waals surface area contributed by atoms with E-state index in [1.54, 1.807) is 0 Å². The summed E-state index contributed by atoms with van der Waals surface area (Å²) >= 11 is 2.08. The maximum Gasteiger partial charge on any atom is 0.116 e. The normalized spacial score (nSPS) is 42.2. The average molecular weight is 187 g/mol. The van der Waals surface area contributed by atoms with Crippen molar-refractivity contribution in [3.8, 4) is 0 Å². The Kier molecular flexibility index (Phi) is 2.63. The molecule has 0 bridgehead atoms. The van der Waals surface area contributed by atoms with Crippen LogP contribution in [-0.2, 0) is 4.74 Å². The highest BCUT2D eigenvalue weighted by Gasteiger charge is 2.33. The zero-order valence-corrected chi connectivity index (χ0v) is 8.45. The van der Waals surface area contributed by atoms with Crippen molar-refractivity contribution in [1.29, 1.82) is 0 Å². The van der Waals surface area contributed by atoms with Crippen molar-refractivity contribution in [3.63, 3.8) is 0 Å². The van der Waals surface area contributed by atoms with Gasteiger partial charge < -0.3 is 4.74 Å². The van der Waals surface area contributed by atoms with Crippen LogP contribution in [0.5, 0.6) is 0 Å². The lowest BCUT2D eigenvalue weighted by Crippen LogP contribution is -2.39. The van der Waals surface area contributed by atoms with E-state index in [2.05, 4.69) is 24.0 Å². The van der Waals surface area contributed by atoms with E-state index >= 15 is 0 Å². The fraction of sp³-hybridized carbons (Fsp3) is 1.00. The van der Waals surface area contributed by atoms with Crippen LogP contribution in [0.15, 0.2) is 0 Å². The maximum absolute atomic E-state index is 5.68. The summed E-state index contributed by atoms with van der Waals surface area (Å²) in [7, 11) is 0. The van der Waals surface area contributed by atoms with Crippen molar-refractivity contribution < 1.29 is 4.74 Å². The Labute approximate surface area is 78.4 Å². The standard InChI is InChI=1S/C9H17NOS/c1-9(10-3-4-11-9)6-8-2-5-12-7-8/h8,10H,2-7H2,1H3. The van der Waals surface area contributed by atoms with Crippen LogP contribution >= 0.6 is 11.8 Å². The summed E-state index contributed by atoms with van der Waals surface area (Å²) in [5.74, 6) is 3.56. The summed E-state index contributed by atoms with van der Waals surface area (Å²) in [5, 5.41) is 3.43. The second kappa shape index (κ2) is 3.56. The smallest absolute Gasteiger partial charge is 0.116 e. The van der Waals surface area contributed by atoms with E-state index in [1.807, 2.05) is 0 Å². The highest BCUT2D eigenvalue weighted by molar-refractivity contribution is 7.99. The average Bonchev–Trinajstić information content (AvgIpc) is 2.62. The van der Waals surface area contributed by atoms with Crippen LogP contribution in [0, 0.1) is 5.92 Å². The van der Waals surface area contributed by atoms with Crippen molar-refractivity contribution in [1.82, 2.24) is 5.32 Å². The molecule has 2 atom stereocenters. The van der Waals surface area contributed by atoms with Crippen LogP contribution in [0.3, 0.4) is 0 Å². The largest absolute Gasteiger partial charge is 0.360 e. The van der Waals surface area contributed by atoms with Crippen molar-refractivity contribution in [2.75, 3.05) is 24.7 Å². The monoisotopic (exact) mass is 187 g/mol. The Morgan fingerprint density at radius 3 is 3.17 bits per heavy atom. The van der Waals surface area contributed by atoms with Gasteiger partial charge in [-0.05, 0) is 37.2 Å². The van der Waals surface area contributed by atoms with Gasteiger partial charge in [0.1, 0.15) is 5.72 Å². The van der Waals surface area contributed by atoms with E-state index in [4.69, 9.17) is 4.74 Å². The van der Waals surface area contributed by atoms with Crippen LogP contribution in [0.2, 0.25) is 0 Å². The zero-order valence-electron chi connectivity index (χ0n) is 7.64. The molecule has 0 aromatic heterocycles. The molecule has 1 N–H and O–H groups in total. The maximum atomic E-state index is 5.68. The molecule has 0 aromatic carbocycles. The Balaban J connectivity index is 1.83. The molecule has 0 aliphatic carbocycles. The van der Waals surface area contributed by atoms with Gasteiger partial charge in [0.25, 0.3) is 0 Å². The molecule has 0 amide bonds. The van der Waals surface area contributed by atoms with Gasteiger partial charge in [-0.1, -0.05) is 0 Å². The highest BCUT2D eigenvalue weighted by atomic mass is 32.2. The predicted octanol–water partition coefficient (Wildman–Crippen LogP) is 1.47. The van der Waals surface area contributed by atoms with E-state index in [9.17, 15) is 0 Å². The van der Waals surface area contributed by atoms with Crippen LogP contribution in [0.4, 0.5) is 0 Å². The summed E-state index contributed by atoms with van der Waals surface area (Å²) in [5.41, 5.74) is -0.00440. The summed E-state index contributed by atoms with van der Waals surface area (Å²) < 4.78 is 5.68. The van der Waals surface area contributed by atoms with Gasteiger partial charge in [0.15, 0.2) is 0 Å². The van der Waals surface area contributed by atoms with Gasteiger partial charge in [-0.3, -0.25) is 5.32 Å². The van der Waals surface area contributed by atoms with Crippen LogP contribution < -0.4 is 5.32 Å². The Morgan fingerprint density at radius 1 is 1.67 bits per heavy atom. The first-order chi connectivity index (χ1) is 5.79. The molecule has 2 rings (SSSR count). The Bertz CT molecular complexity index is 151. The minimum atomic E-state index is -0.00440. The molecule has 70 valence electrons. The van der Waals surface area contributed by atoms with Crippen molar-refractivity contribution in [3.05, 3.63) is 0 Å². The molecular weight excluding hydrogens is 170 g/mol. The van der Waals surface area contributed by atoms with Crippen molar-refractivity contribution in [2.24, 2.45) is 5.92 Å². The molecule has 2 nitrogen and oxygen atoms in total. The second-order valence-corrected chi connectivity index (χ2v) is 5.09. The molecule has 0 aromatic rings. The molecule has 2 saturated heterocycles. The van der Waals surface area contributed by atoms with Crippen molar-refractivity contribution in [2.45, 2.75) is 25.5 Å². The minimum Gasteiger partial charge on any atom is -0.360 e. The molecule has 0 radical (unpaired) electrons. The van der Waals surface area contributed by atoms with Crippen LogP contribution in [-0.4, -0.2) is 30.4 Å². The molecule has 0 saturated carbocycles. The van der Waals surface area contributed by atoms with E-state index in [0.717, 1.165) is 19.1 Å². The van der Waals surface area contributed by atoms with Crippen molar-refractivity contribution >= 4 is 11.8 Å². The number of rotatable bonds is 2. The zero-order chi connectivity index (χ0) is 8.44. The fourth-order valence-corrected chi connectivity index (χ4v) is 3.35. The lowest BCUT2D eigenvalue weighted by Gasteiger charge is -2.26. The summed E-state index contributed by atoms with van der Waals surface area (Å²) in [4.78, 5) is 0. The first kappa shape index (κ1) is 8.85. The molecule has 2 heterocycles. The van der Waals surface area contributed by atoms with Crippen LogP contribution in [0.1, 0.15) is 19.8 Å². The third-order valence-corrected chi connectivity index (χ3v) is 3.96. The molecule has 2 aliphatic heterocycles. The number of nitrogens with one attached hydrogen (secondary N) is 1. The van der Waals surface area contributed by atoms with Gasteiger partial charge in [-0.25, -0.2) is 0 Å². The number of ether oxygens (including phenoxy) is 1. The number of thioether (sulfide) groups is 1. The van der Waals surface area contributed by atoms with Gasteiger partial charge in [0.2, 0.25) is 0 Å². The van der Waals surface area contributed by atoms with Gasteiger partial charge in [-0.2, -0.15) is 11.8 Å². The molecule has 0 spiro atoms. The van der Waals surface area contributed by atoms with Gasteiger partial charge >= 0.3 is 0 Å². The first-order valence-corrected chi connectivity index (χ1v) is 5.91. The fourth-order valence-electron chi connectivity index (χ4n) is 2.07. The van der Waals surface area contributed by atoms with E-state index in [0.29, 0.717) is 0 Å². The van der Waals surface area contributed by atoms with Gasteiger partial charge in [-0.15, -0.1) is 0 Å². The molecule has 2 fully saturated rings. The van der Waals surface area contributed by atoms with Gasteiger partial charge in [0, 0.05) is 6.54 Å². The molecular formula is C9H17NOS. The van der Waals surface area contributed by atoms with E-state index in [1.165, 1.54) is 24.3 Å². The lowest BCUT2D eigenvalue weighted by atomic mass is 9.98. The second-order valence-electron chi connectivity index (χ2n) is 3.94. The molecule has 12 heavy (non-hydrogen) atoms. The molecule has 3 heteroatoms. The summed E-state index contributed by atoms with van der Waals surface area (Å²) in [6.07, 6.45) is 2.57. The lowest BCUT2D eigenvalue weighted by molar-refractivity contribution is -0.0109. The van der Waals surface area contributed by atoms with Gasteiger partial charge in [0.05, 0.1) is 6.61 Å². The van der Waals surface area contributed by atoms with Crippen LogP contribution in [0.25, 0.3) is 0 Å². The predicted molar refractivity (Wildman–Crippen MR) is 52.4 cm³/mol.